The lowest BCUT2D eigenvalue weighted by Crippen LogP contribution is -2.44. The summed E-state index contributed by atoms with van der Waals surface area (Å²) in [5.41, 5.74) is 1.60. The molecule has 1 aromatic carbocycles. The van der Waals surface area contributed by atoms with E-state index in [1.807, 2.05) is 12.1 Å². The molecule has 0 unspecified atom stereocenters. The summed E-state index contributed by atoms with van der Waals surface area (Å²) in [6, 6.07) is 3.91. The van der Waals surface area contributed by atoms with Gasteiger partial charge in [0.25, 0.3) is 0 Å². The Morgan fingerprint density at radius 1 is 1.25 bits per heavy atom. The van der Waals surface area contributed by atoms with Gasteiger partial charge in [-0.25, -0.2) is 0 Å². The molecule has 0 amide bonds. The van der Waals surface area contributed by atoms with Gasteiger partial charge in [0, 0.05) is 56.2 Å². The van der Waals surface area contributed by atoms with Crippen molar-refractivity contribution in [3.05, 3.63) is 28.3 Å². The SMILES string of the molecule is OC1(CNCc2cc(Cl)cc3c2OCC3)CCOCC1. The zero-order valence-electron chi connectivity index (χ0n) is 11.5. The molecule has 5 heteroatoms. The zero-order chi connectivity index (χ0) is 14.0. The van der Waals surface area contributed by atoms with Crippen molar-refractivity contribution in [1.82, 2.24) is 5.32 Å². The smallest absolute Gasteiger partial charge is 0.127 e. The molecule has 0 atom stereocenters. The van der Waals surface area contributed by atoms with Crippen molar-refractivity contribution in [2.75, 3.05) is 26.4 Å². The minimum absolute atomic E-state index is 0.567. The van der Waals surface area contributed by atoms with Gasteiger partial charge >= 0.3 is 0 Å². The highest BCUT2D eigenvalue weighted by Crippen LogP contribution is 2.32. The minimum atomic E-state index is -0.652. The molecule has 2 aliphatic heterocycles. The minimum Gasteiger partial charge on any atom is -0.493 e. The first kappa shape index (κ1) is 14.1. The Labute approximate surface area is 124 Å². The number of halogens is 1. The van der Waals surface area contributed by atoms with Gasteiger partial charge in [0.2, 0.25) is 0 Å². The number of hydrogen-bond donors (Lipinski definition) is 2. The average Bonchev–Trinajstić information content (AvgIpc) is 2.87. The molecule has 2 aliphatic rings. The second kappa shape index (κ2) is 5.90. The standard InChI is InChI=1S/C15H20ClNO3/c16-13-7-11-1-4-20-14(11)12(8-13)9-17-10-15(18)2-5-19-6-3-15/h7-8,17-18H,1-6,9-10H2. The predicted molar refractivity (Wildman–Crippen MR) is 77.4 cm³/mol. The number of hydrogen-bond acceptors (Lipinski definition) is 4. The summed E-state index contributed by atoms with van der Waals surface area (Å²) in [6.45, 7) is 3.22. The van der Waals surface area contributed by atoms with Crippen LogP contribution in [0.25, 0.3) is 0 Å². The van der Waals surface area contributed by atoms with Gasteiger partial charge in [0.15, 0.2) is 0 Å². The van der Waals surface area contributed by atoms with Crippen LogP contribution in [-0.2, 0) is 17.7 Å². The third-order valence-electron chi connectivity index (χ3n) is 4.02. The molecule has 1 aromatic rings. The maximum Gasteiger partial charge on any atom is 0.127 e. The fourth-order valence-corrected chi connectivity index (χ4v) is 3.10. The summed E-state index contributed by atoms with van der Waals surface area (Å²) < 4.78 is 11.0. The Morgan fingerprint density at radius 2 is 2.05 bits per heavy atom. The predicted octanol–water partition coefficient (Wildman–Crippen LogP) is 1.91. The van der Waals surface area contributed by atoms with Crippen LogP contribution in [0.4, 0.5) is 0 Å². The molecule has 0 saturated carbocycles. The Balaban J connectivity index is 1.61. The summed E-state index contributed by atoms with van der Waals surface area (Å²) in [5, 5.41) is 14.5. The first-order valence-corrected chi connectivity index (χ1v) is 7.49. The van der Waals surface area contributed by atoms with Crippen molar-refractivity contribution in [1.29, 1.82) is 0 Å². The van der Waals surface area contributed by atoms with E-state index in [1.165, 1.54) is 5.56 Å². The fourth-order valence-electron chi connectivity index (χ4n) is 2.84. The normalized spacial score (nSPS) is 20.5. The summed E-state index contributed by atoms with van der Waals surface area (Å²) in [7, 11) is 0. The van der Waals surface area contributed by atoms with Gasteiger partial charge in [0.1, 0.15) is 5.75 Å². The van der Waals surface area contributed by atoms with E-state index in [0.717, 1.165) is 29.4 Å². The van der Waals surface area contributed by atoms with Crippen LogP contribution in [0.15, 0.2) is 12.1 Å². The van der Waals surface area contributed by atoms with Crippen molar-refractivity contribution in [2.24, 2.45) is 0 Å². The lowest BCUT2D eigenvalue weighted by molar-refractivity contribution is -0.0617. The molecular formula is C15H20ClNO3. The second-order valence-electron chi connectivity index (χ2n) is 5.59. The number of fused-ring (bicyclic) bond motifs is 1. The fraction of sp³-hybridized carbons (Fsp3) is 0.600. The van der Waals surface area contributed by atoms with E-state index in [9.17, 15) is 5.11 Å². The lowest BCUT2D eigenvalue weighted by atomic mass is 9.94. The molecule has 2 N–H and O–H groups in total. The van der Waals surface area contributed by atoms with Gasteiger partial charge in [-0.2, -0.15) is 0 Å². The molecule has 20 heavy (non-hydrogen) atoms. The van der Waals surface area contributed by atoms with Crippen LogP contribution in [0.2, 0.25) is 5.02 Å². The highest BCUT2D eigenvalue weighted by Gasteiger charge is 2.29. The van der Waals surface area contributed by atoms with Crippen molar-refractivity contribution >= 4 is 11.6 Å². The van der Waals surface area contributed by atoms with Gasteiger partial charge in [-0.3, -0.25) is 0 Å². The van der Waals surface area contributed by atoms with Gasteiger partial charge < -0.3 is 19.9 Å². The molecule has 0 aliphatic carbocycles. The molecule has 4 nitrogen and oxygen atoms in total. The third kappa shape index (κ3) is 3.09. The van der Waals surface area contributed by atoms with Crippen LogP contribution < -0.4 is 10.1 Å². The monoisotopic (exact) mass is 297 g/mol. The molecule has 110 valence electrons. The van der Waals surface area contributed by atoms with E-state index in [-0.39, 0.29) is 0 Å². The highest BCUT2D eigenvalue weighted by atomic mass is 35.5. The molecule has 0 radical (unpaired) electrons. The number of benzene rings is 1. The van der Waals surface area contributed by atoms with Crippen molar-refractivity contribution in [3.8, 4) is 5.75 Å². The summed E-state index contributed by atoms with van der Waals surface area (Å²) >= 11 is 6.13. The number of rotatable bonds is 4. The topological polar surface area (TPSA) is 50.7 Å². The van der Waals surface area contributed by atoms with Gasteiger partial charge in [-0.15, -0.1) is 0 Å². The van der Waals surface area contributed by atoms with Gasteiger partial charge in [-0.05, 0) is 17.7 Å². The highest BCUT2D eigenvalue weighted by molar-refractivity contribution is 6.30. The summed E-state index contributed by atoms with van der Waals surface area (Å²) in [5.74, 6) is 0.959. The molecule has 3 rings (SSSR count). The Hall–Kier alpha value is -0.810. The molecule has 0 bridgehead atoms. The molecule has 0 aromatic heterocycles. The van der Waals surface area contributed by atoms with Gasteiger partial charge in [-0.1, -0.05) is 11.6 Å². The van der Waals surface area contributed by atoms with Gasteiger partial charge in [0.05, 0.1) is 12.2 Å². The van der Waals surface area contributed by atoms with E-state index in [2.05, 4.69) is 5.32 Å². The first-order valence-electron chi connectivity index (χ1n) is 7.11. The van der Waals surface area contributed by atoms with Crippen LogP contribution in [0.3, 0.4) is 0 Å². The number of aliphatic hydroxyl groups is 1. The largest absolute Gasteiger partial charge is 0.493 e. The van der Waals surface area contributed by atoms with Crippen LogP contribution in [0, 0.1) is 0 Å². The van der Waals surface area contributed by atoms with Crippen LogP contribution >= 0.6 is 11.6 Å². The van der Waals surface area contributed by atoms with Crippen molar-refractivity contribution < 1.29 is 14.6 Å². The molecule has 1 fully saturated rings. The summed E-state index contributed by atoms with van der Waals surface area (Å²) in [6.07, 6.45) is 2.29. The van der Waals surface area contributed by atoms with E-state index in [1.54, 1.807) is 0 Å². The zero-order valence-corrected chi connectivity index (χ0v) is 12.2. The Kier molecular flexibility index (Phi) is 4.17. The maximum atomic E-state index is 10.4. The number of nitrogens with one attached hydrogen (secondary N) is 1. The van der Waals surface area contributed by atoms with E-state index >= 15 is 0 Å². The van der Waals surface area contributed by atoms with E-state index < -0.39 is 5.60 Å². The van der Waals surface area contributed by atoms with Crippen molar-refractivity contribution in [3.63, 3.8) is 0 Å². The molecule has 0 spiro atoms. The third-order valence-corrected chi connectivity index (χ3v) is 4.24. The lowest BCUT2D eigenvalue weighted by Gasteiger charge is -2.32. The maximum absolute atomic E-state index is 10.4. The molecule has 2 heterocycles. The molecule has 1 saturated heterocycles. The Morgan fingerprint density at radius 3 is 2.85 bits per heavy atom. The van der Waals surface area contributed by atoms with Crippen LogP contribution in [-0.4, -0.2) is 37.1 Å². The van der Waals surface area contributed by atoms with Crippen molar-refractivity contribution in [2.45, 2.75) is 31.4 Å². The summed E-state index contributed by atoms with van der Waals surface area (Å²) in [4.78, 5) is 0. The van der Waals surface area contributed by atoms with Crippen LogP contribution in [0.1, 0.15) is 24.0 Å². The Bertz CT molecular complexity index is 486. The quantitative estimate of drug-likeness (QED) is 0.891. The second-order valence-corrected chi connectivity index (χ2v) is 6.03. The number of ether oxygens (including phenoxy) is 2. The van der Waals surface area contributed by atoms with Crippen LogP contribution in [0.5, 0.6) is 5.75 Å². The first-order chi connectivity index (χ1) is 9.66. The van der Waals surface area contributed by atoms with E-state index in [0.29, 0.717) is 39.1 Å². The van der Waals surface area contributed by atoms with E-state index in [4.69, 9.17) is 21.1 Å². The average molecular weight is 298 g/mol. The molecular weight excluding hydrogens is 278 g/mol.